The summed E-state index contributed by atoms with van der Waals surface area (Å²) in [5.74, 6) is 1.10. The van der Waals surface area contributed by atoms with E-state index in [2.05, 4.69) is 30.4 Å². The standard InChI is InChI=1S/C19H29NO/c1-2-18(20-17-8-6-4-3-5-7-9-17)15-10-11-19-16(14-15)12-13-21-19/h10-11,14,17-18,20H,2-9,12-13H2,1H3. The lowest BCUT2D eigenvalue weighted by molar-refractivity contribution is 0.348. The monoisotopic (exact) mass is 287 g/mol. The summed E-state index contributed by atoms with van der Waals surface area (Å²) in [5, 5.41) is 3.94. The molecule has 0 aromatic heterocycles. The molecule has 116 valence electrons. The van der Waals surface area contributed by atoms with Crippen LogP contribution >= 0.6 is 0 Å². The van der Waals surface area contributed by atoms with E-state index in [4.69, 9.17) is 4.74 Å². The molecular weight excluding hydrogens is 258 g/mol. The highest BCUT2D eigenvalue weighted by molar-refractivity contribution is 5.40. The third-order valence-corrected chi connectivity index (χ3v) is 5.07. The molecular formula is C19H29NO. The molecule has 1 aromatic carbocycles. The Hall–Kier alpha value is -1.02. The zero-order chi connectivity index (χ0) is 14.5. The first-order valence-corrected chi connectivity index (χ1v) is 8.88. The molecule has 1 unspecified atom stereocenters. The van der Waals surface area contributed by atoms with E-state index in [-0.39, 0.29) is 0 Å². The zero-order valence-electron chi connectivity index (χ0n) is 13.4. The summed E-state index contributed by atoms with van der Waals surface area (Å²) < 4.78 is 5.63. The van der Waals surface area contributed by atoms with Crippen molar-refractivity contribution in [3.8, 4) is 5.75 Å². The van der Waals surface area contributed by atoms with Gasteiger partial charge in [-0.05, 0) is 36.5 Å². The van der Waals surface area contributed by atoms with Crippen LogP contribution in [0.5, 0.6) is 5.75 Å². The van der Waals surface area contributed by atoms with Crippen molar-refractivity contribution >= 4 is 0 Å². The quantitative estimate of drug-likeness (QED) is 0.861. The molecule has 1 aliphatic heterocycles. The number of rotatable bonds is 4. The molecule has 0 amide bonds. The highest BCUT2D eigenvalue weighted by atomic mass is 16.5. The fourth-order valence-electron chi connectivity index (χ4n) is 3.78. The second kappa shape index (κ2) is 7.31. The minimum Gasteiger partial charge on any atom is -0.493 e. The normalized spacial score (nSPS) is 21.2. The summed E-state index contributed by atoms with van der Waals surface area (Å²) in [6.07, 6.45) is 12.0. The van der Waals surface area contributed by atoms with Gasteiger partial charge in [-0.2, -0.15) is 0 Å². The van der Waals surface area contributed by atoms with Gasteiger partial charge in [0.15, 0.2) is 0 Å². The van der Waals surface area contributed by atoms with Crippen LogP contribution in [0.2, 0.25) is 0 Å². The van der Waals surface area contributed by atoms with Crippen molar-refractivity contribution in [3.63, 3.8) is 0 Å². The molecule has 0 spiro atoms. The van der Waals surface area contributed by atoms with Gasteiger partial charge >= 0.3 is 0 Å². The second-order valence-electron chi connectivity index (χ2n) is 6.64. The molecule has 1 aromatic rings. The Labute approximate surface area is 129 Å². The van der Waals surface area contributed by atoms with E-state index >= 15 is 0 Å². The van der Waals surface area contributed by atoms with Crippen molar-refractivity contribution < 1.29 is 4.74 Å². The van der Waals surface area contributed by atoms with Crippen LogP contribution in [0.25, 0.3) is 0 Å². The Kier molecular flexibility index (Phi) is 5.18. The van der Waals surface area contributed by atoms with Crippen LogP contribution in [0.3, 0.4) is 0 Å². The van der Waals surface area contributed by atoms with Crippen molar-refractivity contribution in [1.82, 2.24) is 5.32 Å². The van der Waals surface area contributed by atoms with Crippen molar-refractivity contribution in [2.24, 2.45) is 0 Å². The van der Waals surface area contributed by atoms with Crippen LogP contribution in [-0.2, 0) is 6.42 Å². The average molecular weight is 287 g/mol. The van der Waals surface area contributed by atoms with Crippen molar-refractivity contribution in [3.05, 3.63) is 29.3 Å². The Balaban J connectivity index is 1.66. The molecule has 2 heteroatoms. The zero-order valence-corrected chi connectivity index (χ0v) is 13.4. The van der Waals surface area contributed by atoms with Gasteiger partial charge in [0.2, 0.25) is 0 Å². The topological polar surface area (TPSA) is 21.3 Å². The van der Waals surface area contributed by atoms with E-state index < -0.39 is 0 Å². The molecule has 0 bridgehead atoms. The average Bonchev–Trinajstić information content (AvgIpc) is 2.93. The molecule has 1 heterocycles. The predicted octanol–water partition coefficient (Wildman–Crippen LogP) is 4.78. The predicted molar refractivity (Wildman–Crippen MR) is 87.9 cm³/mol. The smallest absolute Gasteiger partial charge is 0.122 e. The molecule has 1 atom stereocenters. The third-order valence-electron chi connectivity index (χ3n) is 5.07. The first kappa shape index (κ1) is 14.9. The molecule has 2 aliphatic rings. The Morgan fingerprint density at radius 3 is 2.67 bits per heavy atom. The van der Waals surface area contributed by atoms with Crippen LogP contribution in [-0.4, -0.2) is 12.6 Å². The maximum Gasteiger partial charge on any atom is 0.122 e. The highest BCUT2D eigenvalue weighted by Crippen LogP contribution is 2.30. The number of benzene rings is 1. The summed E-state index contributed by atoms with van der Waals surface area (Å²) in [7, 11) is 0. The van der Waals surface area contributed by atoms with Gasteiger partial charge in [0.1, 0.15) is 5.75 Å². The molecule has 0 saturated heterocycles. The number of hydrogen-bond donors (Lipinski definition) is 1. The van der Waals surface area contributed by atoms with Gasteiger partial charge in [0, 0.05) is 18.5 Å². The molecule has 0 radical (unpaired) electrons. The molecule has 1 aliphatic carbocycles. The molecule has 3 rings (SSSR count). The first-order valence-electron chi connectivity index (χ1n) is 8.88. The Morgan fingerprint density at radius 2 is 1.90 bits per heavy atom. The summed E-state index contributed by atoms with van der Waals surface area (Å²) in [6.45, 7) is 3.15. The SMILES string of the molecule is CCC(NC1CCCCCCC1)c1ccc2c(c1)CCO2. The van der Waals surface area contributed by atoms with Crippen LogP contribution in [0.15, 0.2) is 18.2 Å². The van der Waals surface area contributed by atoms with E-state index in [9.17, 15) is 0 Å². The number of ether oxygens (including phenoxy) is 1. The highest BCUT2D eigenvalue weighted by Gasteiger charge is 2.19. The van der Waals surface area contributed by atoms with Crippen molar-refractivity contribution in [1.29, 1.82) is 0 Å². The van der Waals surface area contributed by atoms with E-state index in [1.165, 1.54) is 56.1 Å². The van der Waals surface area contributed by atoms with Gasteiger partial charge in [-0.25, -0.2) is 0 Å². The minimum absolute atomic E-state index is 0.500. The lowest BCUT2D eigenvalue weighted by Crippen LogP contribution is -2.33. The summed E-state index contributed by atoms with van der Waals surface area (Å²) in [5.41, 5.74) is 2.84. The lowest BCUT2D eigenvalue weighted by Gasteiger charge is -2.27. The van der Waals surface area contributed by atoms with Crippen LogP contribution in [0, 0.1) is 0 Å². The Morgan fingerprint density at radius 1 is 1.14 bits per heavy atom. The van der Waals surface area contributed by atoms with E-state index in [0.717, 1.165) is 25.2 Å². The third kappa shape index (κ3) is 3.79. The largest absolute Gasteiger partial charge is 0.493 e. The van der Waals surface area contributed by atoms with Crippen molar-refractivity contribution in [2.75, 3.05) is 6.61 Å². The van der Waals surface area contributed by atoms with Gasteiger partial charge in [-0.3, -0.25) is 0 Å². The maximum atomic E-state index is 5.63. The minimum atomic E-state index is 0.500. The number of hydrogen-bond acceptors (Lipinski definition) is 2. The molecule has 1 fully saturated rings. The summed E-state index contributed by atoms with van der Waals surface area (Å²) >= 11 is 0. The first-order chi connectivity index (χ1) is 10.4. The van der Waals surface area contributed by atoms with Crippen LogP contribution < -0.4 is 10.1 Å². The Bertz CT molecular complexity index is 449. The fraction of sp³-hybridized carbons (Fsp3) is 0.684. The van der Waals surface area contributed by atoms with Crippen LogP contribution in [0.1, 0.15) is 75.5 Å². The fourth-order valence-corrected chi connectivity index (χ4v) is 3.78. The van der Waals surface area contributed by atoms with Gasteiger partial charge in [-0.1, -0.05) is 51.2 Å². The molecule has 21 heavy (non-hydrogen) atoms. The van der Waals surface area contributed by atoms with Gasteiger partial charge in [-0.15, -0.1) is 0 Å². The molecule has 1 N–H and O–H groups in total. The van der Waals surface area contributed by atoms with E-state index in [0.29, 0.717) is 12.1 Å². The second-order valence-corrected chi connectivity index (χ2v) is 6.64. The van der Waals surface area contributed by atoms with Crippen LogP contribution in [0.4, 0.5) is 0 Å². The van der Waals surface area contributed by atoms with Gasteiger partial charge in [0.05, 0.1) is 6.61 Å². The van der Waals surface area contributed by atoms with Gasteiger partial charge in [0.25, 0.3) is 0 Å². The van der Waals surface area contributed by atoms with E-state index in [1.54, 1.807) is 0 Å². The van der Waals surface area contributed by atoms with Gasteiger partial charge < -0.3 is 10.1 Å². The maximum absolute atomic E-state index is 5.63. The summed E-state index contributed by atoms with van der Waals surface area (Å²) in [6, 6.07) is 8.00. The number of nitrogens with one attached hydrogen (secondary N) is 1. The number of fused-ring (bicyclic) bond motifs is 1. The van der Waals surface area contributed by atoms with Crippen molar-refractivity contribution in [2.45, 2.75) is 76.8 Å². The lowest BCUT2D eigenvalue weighted by atomic mass is 9.94. The molecule has 1 saturated carbocycles. The van der Waals surface area contributed by atoms with E-state index in [1.807, 2.05) is 0 Å². The molecule has 2 nitrogen and oxygen atoms in total. The summed E-state index contributed by atoms with van der Waals surface area (Å²) in [4.78, 5) is 0.